The number of carbonyl (C=O) groups is 8. The fraction of sp³-hybridized carbons (Fsp3) is 0.864. The lowest BCUT2D eigenvalue weighted by atomic mass is 9.97. The standard InChI is InChI=1S/C59H108N8O24/c1-40(71)65-52-56(81)54(79)44(37-69)90-58(52)88-25-10-6-15-46(73)63-23-29-86-33-31-84-27-18-48(75)60-20-9-5-14-43(35-51(78)62-21-8-4-13-42(36-68)39-83-3)67-50(77)17-12-22-61-49(76)19-28-85-32-34-87-30-24-64-47(74)16-7-11-26-89-59-53(66-41(2)72)57(82)55(80)45(38-70)91-59/h42-45,52-59,68-70,79-82H,4-39H2,1-3H3,(H,60,75)(H,61,76)(H,62,78)(H,63,73)(H,64,74)(H,65,71)(H,66,72)(H,67,77)/t42?,43-,44?,45?,52?,53?,54+,55+,56+,57+,58+,59+/m0/s1. The molecule has 0 aromatic heterocycles. The highest BCUT2D eigenvalue weighted by atomic mass is 16.7. The minimum atomic E-state index is -1.41. The van der Waals surface area contributed by atoms with Crippen LogP contribution in [0, 0.1) is 5.92 Å². The maximum atomic E-state index is 13.0. The summed E-state index contributed by atoms with van der Waals surface area (Å²) in [5.41, 5.74) is 0. The Morgan fingerprint density at radius 2 is 0.835 bits per heavy atom. The van der Waals surface area contributed by atoms with Gasteiger partial charge in [0, 0.05) is 124 Å². The first kappa shape index (κ1) is 82.2. The van der Waals surface area contributed by atoms with Gasteiger partial charge in [-0.05, 0) is 64.2 Å². The van der Waals surface area contributed by atoms with Gasteiger partial charge in [0.15, 0.2) is 12.6 Å². The van der Waals surface area contributed by atoms with Crippen LogP contribution in [0.3, 0.4) is 0 Å². The summed E-state index contributed by atoms with van der Waals surface area (Å²) >= 11 is 0. The van der Waals surface area contributed by atoms with Crippen LogP contribution in [0.15, 0.2) is 0 Å². The molecule has 0 aliphatic carbocycles. The number of methoxy groups -OCH3 is 1. The number of amides is 8. The molecular weight excluding hydrogens is 1200 g/mol. The average molecular weight is 1310 g/mol. The summed E-state index contributed by atoms with van der Waals surface area (Å²) < 4.78 is 49.5. The van der Waals surface area contributed by atoms with E-state index in [1.165, 1.54) is 13.8 Å². The van der Waals surface area contributed by atoms with E-state index >= 15 is 0 Å². The Kier molecular flexibility index (Phi) is 46.5. The molecule has 32 nitrogen and oxygen atoms in total. The molecule has 2 aliphatic heterocycles. The number of hydrogen-bond acceptors (Lipinski definition) is 24. The van der Waals surface area contributed by atoms with Gasteiger partial charge in [0.25, 0.3) is 0 Å². The normalized spacial score (nSPS) is 22.0. The number of rotatable bonds is 54. The zero-order chi connectivity index (χ0) is 67.0. The van der Waals surface area contributed by atoms with Crippen molar-refractivity contribution in [1.82, 2.24) is 42.5 Å². The second-order valence-electron chi connectivity index (χ2n) is 22.3. The first-order chi connectivity index (χ1) is 43.8. The van der Waals surface area contributed by atoms with Crippen molar-refractivity contribution in [3.8, 4) is 0 Å². The number of carbonyl (C=O) groups excluding carboxylic acids is 8. The third kappa shape index (κ3) is 38.8. The summed E-state index contributed by atoms with van der Waals surface area (Å²) in [7, 11) is 1.58. The van der Waals surface area contributed by atoms with Crippen LogP contribution in [0.25, 0.3) is 0 Å². The van der Waals surface area contributed by atoms with Gasteiger partial charge in [-0.2, -0.15) is 0 Å². The van der Waals surface area contributed by atoms with Crippen molar-refractivity contribution < 1.29 is 117 Å². The number of hydrogen-bond donors (Lipinski definition) is 15. The van der Waals surface area contributed by atoms with E-state index in [0.717, 1.165) is 12.8 Å². The van der Waals surface area contributed by atoms with Crippen molar-refractivity contribution in [2.75, 3.05) is 132 Å². The summed E-state index contributed by atoms with van der Waals surface area (Å²) in [5, 5.41) is 91.5. The van der Waals surface area contributed by atoms with Crippen LogP contribution in [-0.4, -0.2) is 283 Å². The predicted octanol–water partition coefficient (Wildman–Crippen LogP) is -4.07. The number of nitrogens with one attached hydrogen (secondary N) is 8. The van der Waals surface area contributed by atoms with Gasteiger partial charge >= 0.3 is 0 Å². The van der Waals surface area contributed by atoms with E-state index in [-0.39, 0.29) is 172 Å². The number of unbranched alkanes of at least 4 members (excludes halogenated alkanes) is 4. The molecule has 91 heavy (non-hydrogen) atoms. The molecule has 32 heteroatoms. The minimum Gasteiger partial charge on any atom is -0.396 e. The molecule has 15 N–H and O–H groups in total. The van der Waals surface area contributed by atoms with E-state index in [1.54, 1.807) is 7.11 Å². The van der Waals surface area contributed by atoms with Gasteiger partial charge in [-0.25, -0.2) is 0 Å². The van der Waals surface area contributed by atoms with E-state index in [1.807, 2.05) is 0 Å². The predicted molar refractivity (Wildman–Crippen MR) is 324 cm³/mol. The zero-order valence-electron chi connectivity index (χ0n) is 53.5. The fourth-order valence-corrected chi connectivity index (χ4v) is 9.54. The van der Waals surface area contributed by atoms with Crippen LogP contribution in [0.2, 0.25) is 0 Å². The average Bonchev–Trinajstić information content (AvgIpc) is 2.87. The lowest BCUT2D eigenvalue weighted by molar-refractivity contribution is -0.270. The fourth-order valence-electron chi connectivity index (χ4n) is 9.54. The molecule has 528 valence electrons. The summed E-state index contributed by atoms with van der Waals surface area (Å²) in [6.45, 7) is 5.53. The van der Waals surface area contributed by atoms with Crippen LogP contribution in [0.1, 0.15) is 123 Å². The van der Waals surface area contributed by atoms with Gasteiger partial charge < -0.3 is 121 Å². The molecule has 2 saturated heterocycles. The van der Waals surface area contributed by atoms with E-state index in [0.29, 0.717) is 77.5 Å². The largest absolute Gasteiger partial charge is 0.396 e. The molecule has 0 radical (unpaired) electrons. The van der Waals surface area contributed by atoms with Crippen molar-refractivity contribution in [3.05, 3.63) is 0 Å². The van der Waals surface area contributed by atoms with Gasteiger partial charge in [-0.15, -0.1) is 0 Å². The Bertz CT molecular complexity index is 2020. The van der Waals surface area contributed by atoms with Gasteiger partial charge in [0.1, 0.15) is 48.7 Å². The lowest BCUT2D eigenvalue weighted by Crippen LogP contribution is -2.64. The second-order valence-corrected chi connectivity index (χ2v) is 22.3. The summed E-state index contributed by atoms with van der Waals surface area (Å²) in [4.78, 5) is 98.5. The van der Waals surface area contributed by atoms with E-state index in [2.05, 4.69) is 42.5 Å². The molecule has 0 bridgehead atoms. The van der Waals surface area contributed by atoms with E-state index < -0.39 is 92.4 Å². The van der Waals surface area contributed by atoms with Crippen LogP contribution in [-0.2, 0) is 81.0 Å². The van der Waals surface area contributed by atoms with Crippen molar-refractivity contribution in [2.45, 2.75) is 190 Å². The first-order valence-electron chi connectivity index (χ1n) is 31.9. The Labute approximate surface area is 533 Å². The smallest absolute Gasteiger partial charge is 0.222 e. The molecule has 8 amide bonds. The van der Waals surface area contributed by atoms with Gasteiger partial charge in [0.2, 0.25) is 47.3 Å². The molecule has 0 spiro atoms. The number of aliphatic hydroxyl groups is 7. The Morgan fingerprint density at radius 3 is 1.27 bits per heavy atom. The molecule has 0 aromatic rings. The van der Waals surface area contributed by atoms with Crippen LogP contribution >= 0.6 is 0 Å². The maximum Gasteiger partial charge on any atom is 0.222 e. The van der Waals surface area contributed by atoms with Crippen molar-refractivity contribution >= 4 is 47.3 Å². The maximum absolute atomic E-state index is 13.0. The van der Waals surface area contributed by atoms with Crippen molar-refractivity contribution in [3.63, 3.8) is 0 Å². The molecule has 2 aliphatic rings. The molecule has 2 heterocycles. The second kappa shape index (κ2) is 51.5. The molecular formula is C59H108N8O24. The molecule has 0 saturated carbocycles. The highest BCUT2D eigenvalue weighted by molar-refractivity contribution is 5.80. The molecule has 5 unspecified atom stereocenters. The quantitative estimate of drug-likeness (QED) is 0.0258. The summed E-state index contributed by atoms with van der Waals surface area (Å²) in [5.74, 6) is -2.21. The number of ether oxygens (including phenoxy) is 9. The molecule has 0 aromatic carbocycles. The lowest BCUT2D eigenvalue weighted by Gasteiger charge is -2.42. The Balaban J connectivity index is 1.55. The van der Waals surface area contributed by atoms with Crippen molar-refractivity contribution in [1.29, 1.82) is 0 Å². The summed E-state index contributed by atoms with van der Waals surface area (Å²) in [6, 6.07) is -2.55. The Morgan fingerprint density at radius 1 is 0.429 bits per heavy atom. The highest BCUT2D eigenvalue weighted by Gasteiger charge is 2.46. The van der Waals surface area contributed by atoms with Crippen LogP contribution in [0.5, 0.6) is 0 Å². The van der Waals surface area contributed by atoms with Gasteiger partial charge in [-0.1, -0.05) is 6.42 Å². The van der Waals surface area contributed by atoms with Gasteiger partial charge in [0.05, 0.1) is 72.7 Å². The van der Waals surface area contributed by atoms with E-state index in [9.17, 15) is 74.1 Å². The van der Waals surface area contributed by atoms with Gasteiger partial charge in [-0.3, -0.25) is 38.4 Å². The third-order valence-corrected chi connectivity index (χ3v) is 14.5. The third-order valence-electron chi connectivity index (χ3n) is 14.5. The molecule has 2 rings (SSSR count). The molecule has 12 atom stereocenters. The van der Waals surface area contributed by atoms with Crippen LogP contribution in [0.4, 0.5) is 0 Å². The Hall–Kier alpha value is -4.88. The van der Waals surface area contributed by atoms with Crippen molar-refractivity contribution in [2.24, 2.45) is 5.92 Å². The monoisotopic (exact) mass is 1310 g/mol. The first-order valence-corrected chi connectivity index (χ1v) is 31.9. The topological polar surface area (TPSA) is 457 Å². The zero-order valence-corrected chi connectivity index (χ0v) is 53.5. The van der Waals surface area contributed by atoms with Crippen LogP contribution < -0.4 is 42.5 Å². The minimum absolute atomic E-state index is 0.0205. The van der Waals surface area contributed by atoms with E-state index in [4.69, 9.17) is 42.6 Å². The highest BCUT2D eigenvalue weighted by Crippen LogP contribution is 2.24. The molecule has 2 fully saturated rings. The SMILES string of the molecule is COCC(CO)CCCCNC(=O)C[C@H](CCCCNC(=O)CCOCCOCCNC(=O)CCCCO[C@@H]1OC(CO)[C@@H](O)[C@H](O)C1NC(C)=O)NC(=O)CCCNC(=O)CCOCCOCCNC(=O)CCCCO[C@@H]1OC(CO)[C@@H](O)[C@H](O)C1NC(C)=O. The summed E-state index contributed by atoms with van der Waals surface area (Å²) in [6.07, 6.45) is -3.03. The number of aliphatic hydroxyl groups excluding tert-OH is 7.